The highest BCUT2D eigenvalue weighted by atomic mass is 16.6. The molecule has 1 unspecified atom stereocenters. The van der Waals surface area contributed by atoms with Gasteiger partial charge in [-0.15, -0.1) is 0 Å². The van der Waals surface area contributed by atoms with Crippen molar-refractivity contribution in [3.8, 4) is 0 Å². The summed E-state index contributed by atoms with van der Waals surface area (Å²) in [6.45, 7) is 12.6. The highest BCUT2D eigenvalue weighted by molar-refractivity contribution is 5.74. The second-order valence-electron chi connectivity index (χ2n) is 7.65. The van der Waals surface area contributed by atoms with E-state index in [0.29, 0.717) is 19.1 Å². The van der Waals surface area contributed by atoms with Gasteiger partial charge in [-0.3, -0.25) is 4.79 Å². The summed E-state index contributed by atoms with van der Waals surface area (Å²) in [5, 5.41) is 0. The maximum atomic E-state index is 12.6. The van der Waals surface area contributed by atoms with Gasteiger partial charge in [-0.1, -0.05) is 19.9 Å². The average Bonchev–Trinajstić information content (AvgIpc) is 2.44. The fourth-order valence-electron chi connectivity index (χ4n) is 2.95. The van der Waals surface area contributed by atoms with Crippen LogP contribution in [0.25, 0.3) is 0 Å². The maximum absolute atomic E-state index is 12.6. The van der Waals surface area contributed by atoms with Crippen LogP contribution in [0.2, 0.25) is 0 Å². The molecule has 24 heavy (non-hydrogen) atoms. The van der Waals surface area contributed by atoms with Crippen LogP contribution in [0, 0.1) is 5.92 Å². The smallest absolute Gasteiger partial charge is 0.410 e. The topological polar surface area (TPSA) is 55.8 Å². The van der Waals surface area contributed by atoms with Crippen LogP contribution in [0.4, 0.5) is 4.79 Å². The van der Waals surface area contributed by atoms with E-state index in [-0.39, 0.29) is 24.5 Å². The number of rotatable bonds is 5. The van der Waals surface area contributed by atoms with Crippen LogP contribution >= 0.6 is 0 Å². The molecule has 1 saturated heterocycles. The van der Waals surface area contributed by atoms with Crippen LogP contribution < -0.4 is 0 Å². The molecular weight excluding hydrogens is 306 g/mol. The fraction of sp³-hybridized carbons (Fsp3) is 0.789. The van der Waals surface area contributed by atoms with Gasteiger partial charge in [0.2, 0.25) is 0 Å². The molecule has 0 N–H and O–H groups in total. The zero-order valence-electron chi connectivity index (χ0n) is 16.1. The first-order chi connectivity index (χ1) is 11.1. The summed E-state index contributed by atoms with van der Waals surface area (Å²) in [5.74, 6) is 0.0657. The average molecular weight is 339 g/mol. The van der Waals surface area contributed by atoms with Gasteiger partial charge in [-0.05, 0) is 58.4 Å². The maximum Gasteiger partial charge on any atom is 0.410 e. The molecule has 0 spiro atoms. The van der Waals surface area contributed by atoms with Gasteiger partial charge in [0.15, 0.2) is 0 Å². The number of carbonyl (C=O) groups is 2. The van der Waals surface area contributed by atoms with E-state index in [1.54, 1.807) is 11.8 Å². The number of ether oxygens (including phenoxy) is 2. The van der Waals surface area contributed by atoms with Crippen molar-refractivity contribution in [2.75, 3.05) is 13.2 Å². The Kier molecular flexibility index (Phi) is 7.77. The standard InChI is InChI=1S/C19H33NO4/c1-7-23-17(21)13-15(12-14(2)3)16-10-8-9-11-20(16)18(22)24-19(4,5)6/h12,14,16H,7-11,13H2,1-6H3/b15-12+. The van der Waals surface area contributed by atoms with Crippen molar-refractivity contribution in [2.24, 2.45) is 5.92 Å². The van der Waals surface area contributed by atoms with Crippen LogP contribution in [0.15, 0.2) is 11.6 Å². The molecule has 5 nitrogen and oxygen atoms in total. The van der Waals surface area contributed by atoms with E-state index in [0.717, 1.165) is 24.8 Å². The number of likely N-dealkylation sites (tertiary alicyclic amines) is 1. The van der Waals surface area contributed by atoms with Crippen molar-refractivity contribution < 1.29 is 19.1 Å². The van der Waals surface area contributed by atoms with Crippen molar-refractivity contribution in [3.05, 3.63) is 11.6 Å². The summed E-state index contributed by atoms with van der Waals surface area (Å²) in [6, 6.07) is -0.0830. The molecule has 1 amide bonds. The minimum atomic E-state index is -0.526. The number of hydrogen-bond donors (Lipinski definition) is 0. The van der Waals surface area contributed by atoms with Crippen LogP contribution in [-0.4, -0.2) is 41.8 Å². The van der Waals surface area contributed by atoms with E-state index in [4.69, 9.17) is 9.47 Å². The molecule has 5 heteroatoms. The summed E-state index contributed by atoms with van der Waals surface area (Å²) < 4.78 is 10.7. The van der Waals surface area contributed by atoms with E-state index >= 15 is 0 Å². The zero-order valence-corrected chi connectivity index (χ0v) is 16.1. The first-order valence-corrected chi connectivity index (χ1v) is 9.00. The largest absolute Gasteiger partial charge is 0.466 e. The number of nitrogens with zero attached hydrogens (tertiary/aromatic N) is 1. The monoisotopic (exact) mass is 339 g/mol. The molecular formula is C19H33NO4. The summed E-state index contributed by atoms with van der Waals surface area (Å²) in [4.78, 5) is 26.4. The second-order valence-corrected chi connectivity index (χ2v) is 7.65. The summed E-state index contributed by atoms with van der Waals surface area (Å²) >= 11 is 0. The second kappa shape index (κ2) is 9.09. The van der Waals surface area contributed by atoms with E-state index < -0.39 is 5.60 Å². The number of carbonyl (C=O) groups excluding carboxylic acids is 2. The third-order valence-electron chi connectivity index (χ3n) is 3.76. The number of piperidine rings is 1. The van der Waals surface area contributed by atoms with E-state index in [2.05, 4.69) is 19.9 Å². The van der Waals surface area contributed by atoms with Gasteiger partial charge in [-0.2, -0.15) is 0 Å². The summed E-state index contributed by atoms with van der Waals surface area (Å²) in [5.41, 5.74) is 0.441. The molecule has 0 radical (unpaired) electrons. The SMILES string of the molecule is CCOC(=O)C/C(=C\C(C)C)C1CCCCN1C(=O)OC(C)(C)C. The quantitative estimate of drug-likeness (QED) is 0.553. The molecule has 0 aromatic rings. The highest BCUT2D eigenvalue weighted by Gasteiger charge is 2.33. The molecule has 0 saturated carbocycles. The van der Waals surface area contributed by atoms with E-state index in [1.165, 1.54) is 0 Å². The Hall–Kier alpha value is -1.52. The van der Waals surface area contributed by atoms with Crippen LogP contribution in [0.1, 0.15) is 67.2 Å². The lowest BCUT2D eigenvalue weighted by Gasteiger charge is -2.38. The lowest BCUT2D eigenvalue weighted by molar-refractivity contribution is -0.142. The first-order valence-electron chi connectivity index (χ1n) is 9.00. The number of amides is 1. The van der Waals surface area contributed by atoms with Crippen molar-refractivity contribution in [1.29, 1.82) is 0 Å². The molecule has 138 valence electrons. The molecule has 1 heterocycles. The van der Waals surface area contributed by atoms with Gasteiger partial charge in [-0.25, -0.2) is 4.79 Å². The molecule has 0 aromatic heterocycles. The summed E-state index contributed by atoms with van der Waals surface area (Å²) in [7, 11) is 0. The number of hydrogen-bond acceptors (Lipinski definition) is 4. The Bertz CT molecular complexity index is 462. The third-order valence-corrected chi connectivity index (χ3v) is 3.76. The zero-order chi connectivity index (χ0) is 18.3. The molecule has 1 atom stereocenters. The molecule has 1 fully saturated rings. The van der Waals surface area contributed by atoms with Gasteiger partial charge in [0, 0.05) is 6.54 Å². The van der Waals surface area contributed by atoms with Gasteiger partial charge >= 0.3 is 12.1 Å². The van der Waals surface area contributed by atoms with Gasteiger partial charge in [0.05, 0.1) is 19.1 Å². The Morgan fingerprint density at radius 2 is 1.92 bits per heavy atom. The van der Waals surface area contributed by atoms with Gasteiger partial charge < -0.3 is 14.4 Å². The van der Waals surface area contributed by atoms with Crippen molar-refractivity contribution in [2.45, 2.75) is 78.9 Å². The fourth-order valence-corrected chi connectivity index (χ4v) is 2.95. The molecule has 1 aliphatic heterocycles. The normalized spacial score (nSPS) is 19.4. The Balaban J connectivity index is 2.99. The van der Waals surface area contributed by atoms with Gasteiger partial charge in [0.25, 0.3) is 0 Å². The van der Waals surface area contributed by atoms with Crippen molar-refractivity contribution >= 4 is 12.1 Å². The predicted octanol–water partition coefficient (Wildman–Crippen LogP) is 4.31. The molecule has 0 bridgehead atoms. The lowest BCUT2D eigenvalue weighted by Crippen LogP contribution is -2.47. The van der Waals surface area contributed by atoms with Gasteiger partial charge in [0.1, 0.15) is 5.60 Å². The van der Waals surface area contributed by atoms with E-state index in [1.807, 2.05) is 20.8 Å². The van der Waals surface area contributed by atoms with E-state index in [9.17, 15) is 9.59 Å². The van der Waals surface area contributed by atoms with Crippen LogP contribution in [-0.2, 0) is 14.3 Å². The highest BCUT2D eigenvalue weighted by Crippen LogP contribution is 2.28. The van der Waals surface area contributed by atoms with Crippen LogP contribution in [0.5, 0.6) is 0 Å². The van der Waals surface area contributed by atoms with Crippen LogP contribution in [0.3, 0.4) is 0 Å². The molecule has 1 aliphatic rings. The Morgan fingerprint density at radius 3 is 2.46 bits per heavy atom. The number of esters is 1. The minimum absolute atomic E-state index is 0.0830. The molecule has 0 aromatic carbocycles. The number of allylic oxidation sites excluding steroid dienone is 1. The lowest BCUT2D eigenvalue weighted by atomic mass is 9.91. The minimum Gasteiger partial charge on any atom is -0.466 e. The van der Waals surface area contributed by atoms with Crippen molar-refractivity contribution in [1.82, 2.24) is 4.90 Å². The Morgan fingerprint density at radius 1 is 1.25 bits per heavy atom. The predicted molar refractivity (Wildman–Crippen MR) is 94.8 cm³/mol. The Labute approximate surface area is 146 Å². The molecule has 0 aliphatic carbocycles. The third kappa shape index (κ3) is 6.93. The molecule has 1 rings (SSSR count). The summed E-state index contributed by atoms with van der Waals surface area (Å²) in [6.07, 6.45) is 4.88. The first kappa shape index (κ1) is 20.5. The van der Waals surface area contributed by atoms with Crippen molar-refractivity contribution in [3.63, 3.8) is 0 Å².